The third kappa shape index (κ3) is 6.76. The van der Waals surface area contributed by atoms with Crippen LogP contribution in [0.15, 0.2) is 10.5 Å². The topological polar surface area (TPSA) is 43.6 Å². The molecular formula is C15H27NO3. The summed E-state index contributed by atoms with van der Waals surface area (Å²) in [7, 11) is 1.70. The maximum Gasteiger partial charge on any atom is 0.118 e. The number of aryl methyl sites for hydroxylation is 1. The van der Waals surface area contributed by atoms with Crippen molar-refractivity contribution in [3.63, 3.8) is 0 Å². The van der Waals surface area contributed by atoms with Crippen molar-refractivity contribution in [2.75, 3.05) is 20.3 Å². The Morgan fingerprint density at radius 1 is 1.26 bits per heavy atom. The summed E-state index contributed by atoms with van der Waals surface area (Å²) >= 11 is 0. The molecule has 0 bridgehead atoms. The second-order valence-electron chi connectivity index (χ2n) is 5.80. The minimum absolute atomic E-state index is 0.0948. The molecule has 1 aromatic rings. The zero-order chi connectivity index (χ0) is 14.3. The highest BCUT2D eigenvalue weighted by atomic mass is 16.5. The molecule has 0 saturated carbocycles. The standard InChI is InChI=1S/C15H27NO3/c1-12-13(11-18-8-6-7-17-5)9-14(19-12)10-16-15(2,3)4/h9,16H,6-8,10-11H2,1-5H3. The van der Waals surface area contributed by atoms with Gasteiger partial charge in [0.1, 0.15) is 11.5 Å². The van der Waals surface area contributed by atoms with E-state index in [0.29, 0.717) is 13.2 Å². The minimum atomic E-state index is 0.0948. The van der Waals surface area contributed by atoms with E-state index in [1.54, 1.807) is 7.11 Å². The van der Waals surface area contributed by atoms with Gasteiger partial charge < -0.3 is 19.2 Å². The van der Waals surface area contributed by atoms with E-state index in [0.717, 1.165) is 36.7 Å². The van der Waals surface area contributed by atoms with Crippen LogP contribution >= 0.6 is 0 Å². The molecule has 4 heteroatoms. The maximum atomic E-state index is 5.72. The van der Waals surface area contributed by atoms with Crippen LogP contribution in [0.5, 0.6) is 0 Å². The molecule has 110 valence electrons. The molecule has 0 spiro atoms. The fourth-order valence-electron chi connectivity index (χ4n) is 1.66. The van der Waals surface area contributed by atoms with E-state index in [9.17, 15) is 0 Å². The molecule has 0 aromatic carbocycles. The summed E-state index contributed by atoms with van der Waals surface area (Å²) in [4.78, 5) is 0. The Morgan fingerprint density at radius 2 is 2.00 bits per heavy atom. The molecule has 1 heterocycles. The smallest absolute Gasteiger partial charge is 0.118 e. The molecule has 0 atom stereocenters. The molecular weight excluding hydrogens is 242 g/mol. The second kappa shape index (κ2) is 7.68. The Bertz CT molecular complexity index is 366. The number of rotatable bonds is 8. The van der Waals surface area contributed by atoms with Crippen molar-refractivity contribution in [2.45, 2.75) is 52.8 Å². The third-order valence-corrected chi connectivity index (χ3v) is 2.76. The fourth-order valence-corrected chi connectivity index (χ4v) is 1.66. The Kier molecular flexibility index (Phi) is 6.55. The van der Waals surface area contributed by atoms with Crippen LogP contribution in [0.3, 0.4) is 0 Å². The van der Waals surface area contributed by atoms with Gasteiger partial charge >= 0.3 is 0 Å². The van der Waals surface area contributed by atoms with Gasteiger partial charge in [0.2, 0.25) is 0 Å². The van der Waals surface area contributed by atoms with Crippen LogP contribution in [0.2, 0.25) is 0 Å². The van der Waals surface area contributed by atoms with Crippen LogP contribution in [-0.4, -0.2) is 25.9 Å². The molecule has 0 aliphatic heterocycles. The van der Waals surface area contributed by atoms with Gasteiger partial charge in [-0.2, -0.15) is 0 Å². The molecule has 0 amide bonds. The Morgan fingerprint density at radius 3 is 2.63 bits per heavy atom. The summed E-state index contributed by atoms with van der Waals surface area (Å²) in [6.45, 7) is 11.2. The maximum absolute atomic E-state index is 5.72. The zero-order valence-electron chi connectivity index (χ0n) is 12.8. The molecule has 0 unspecified atom stereocenters. The highest BCUT2D eigenvalue weighted by Gasteiger charge is 2.12. The van der Waals surface area contributed by atoms with E-state index in [1.165, 1.54) is 0 Å². The number of hydrogen-bond acceptors (Lipinski definition) is 4. The van der Waals surface area contributed by atoms with Crippen molar-refractivity contribution in [3.05, 3.63) is 23.2 Å². The van der Waals surface area contributed by atoms with E-state index < -0.39 is 0 Å². The first-order valence-electron chi connectivity index (χ1n) is 6.82. The molecule has 1 rings (SSSR count). The number of methoxy groups -OCH3 is 1. The minimum Gasteiger partial charge on any atom is -0.465 e. The van der Waals surface area contributed by atoms with Crippen molar-refractivity contribution in [3.8, 4) is 0 Å². The van der Waals surface area contributed by atoms with Gasteiger partial charge in [0.15, 0.2) is 0 Å². The number of ether oxygens (including phenoxy) is 2. The van der Waals surface area contributed by atoms with Gasteiger partial charge in [0.25, 0.3) is 0 Å². The molecule has 0 aliphatic carbocycles. The van der Waals surface area contributed by atoms with Crippen molar-refractivity contribution >= 4 is 0 Å². The summed E-state index contributed by atoms with van der Waals surface area (Å²) in [5, 5.41) is 3.41. The van der Waals surface area contributed by atoms with Crippen LogP contribution in [0, 0.1) is 6.92 Å². The molecule has 0 radical (unpaired) electrons. The van der Waals surface area contributed by atoms with Crippen LogP contribution < -0.4 is 5.32 Å². The first kappa shape index (κ1) is 16.2. The molecule has 0 aliphatic rings. The van der Waals surface area contributed by atoms with Crippen LogP contribution in [0.25, 0.3) is 0 Å². The van der Waals surface area contributed by atoms with E-state index in [2.05, 4.69) is 32.2 Å². The van der Waals surface area contributed by atoms with E-state index in [1.807, 2.05) is 6.92 Å². The third-order valence-electron chi connectivity index (χ3n) is 2.76. The summed E-state index contributed by atoms with van der Waals surface area (Å²) < 4.78 is 16.3. The highest BCUT2D eigenvalue weighted by Crippen LogP contribution is 2.16. The highest BCUT2D eigenvalue weighted by molar-refractivity contribution is 5.20. The van der Waals surface area contributed by atoms with Gasteiger partial charge in [0.05, 0.1) is 13.2 Å². The van der Waals surface area contributed by atoms with E-state index in [-0.39, 0.29) is 5.54 Å². The summed E-state index contributed by atoms with van der Waals surface area (Å²) in [6, 6.07) is 2.07. The lowest BCUT2D eigenvalue weighted by atomic mass is 10.1. The summed E-state index contributed by atoms with van der Waals surface area (Å²) in [6.07, 6.45) is 0.922. The number of nitrogens with one attached hydrogen (secondary N) is 1. The molecule has 19 heavy (non-hydrogen) atoms. The van der Waals surface area contributed by atoms with Gasteiger partial charge in [-0.15, -0.1) is 0 Å². The van der Waals surface area contributed by atoms with Crippen LogP contribution in [-0.2, 0) is 22.6 Å². The predicted octanol–water partition coefficient (Wildman–Crippen LogP) is 3.03. The zero-order valence-corrected chi connectivity index (χ0v) is 12.8. The van der Waals surface area contributed by atoms with Crippen molar-refractivity contribution < 1.29 is 13.9 Å². The number of hydrogen-bond donors (Lipinski definition) is 1. The Balaban J connectivity index is 2.37. The van der Waals surface area contributed by atoms with Crippen molar-refractivity contribution in [1.82, 2.24) is 5.32 Å². The lowest BCUT2D eigenvalue weighted by molar-refractivity contribution is 0.0922. The Labute approximate surface area is 116 Å². The van der Waals surface area contributed by atoms with Gasteiger partial charge in [0, 0.05) is 31.4 Å². The lowest BCUT2D eigenvalue weighted by Crippen LogP contribution is -2.34. The van der Waals surface area contributed by atoms with Gasteiger partial charge in [-0.25, -0.2) is 0 Å². The first-order chi connectivity index (χ1) is 8.92. The molecule has 1 aromatic heterocycles. The lowest BCUT2D eigenvalue weighted by Gasteiger charge is -2.19. The molecule has 4 nitrogen and oxygen atoms in total. The molecule has 0 fully saturated rings. The van der Waals surface area contributed by atoms with E-state index in [4.69, 9.17) is 13.9 Å². The molecule has 1 N–H and O–H groups in total. The number of furan rings is 1. The van der Waals surface area contributed by atoms with Crippen molar-refractivity contribution in [2.24, 2.45) is 0 Å². The average Bonchev–Trinajstić information content (AvgIpc) is 2.67. The molecule has 0 saturated heterocycles. The van der Waals surface area contributed by atoms with E-state index >= 15 is 0 Å². The van der Waals surface area contributed by atoms with Crippen LogP contribution in [0.4, 0.5) is 0 Å². The average molecular weight is 269 g/mol. The fraction of sp³-hybridized carbons (Fsp3) is 0.733. The monoisotopic (exact) mass is 269 g/mol. The van der Waals surface area contributed by atoms with Crippen molar-refractivity contribution in [1.29, 1.82) is 0 Å². The Hall–Kier alpha value is -0.840. The summed E-state index contributed by atoms with van der Waals surface area (Å²) in [5.74, 6) is 1.90. The van der Waals surface area contributed by atoms with Gasteiger partial charge in [-0.05, 0) is 40.2 Å². The van der Waals surface area contributed by atoms with Crippen LogP contribution in [0.1, 0.15) is 44.3 Å². The summed E-state index contributed by atoms with van der Waals surface area (Å²) in [5.41, 5.74) is 1.22. The normalized spacial score (nSPS) is 12.1. The van der Waals surface area contributed by atoms with Gasteiger partial charge in [-0.3, -0.25) is 0 Å². The SMILES string of the molecule is COCCCOCc1cc(CNC(C)(C)C)oc1C. The largest absolute Gasteiger partial charge is 0.465 e. The quantitative estimate of drug-likeness (QED) is 0.737. The second-order valence-corrected chi connectivity index (χ2v) is 5.80. The first-order valence-corrected chi connectivity index (χ1v) is 6.82. The predicted molar refractivity (Wildman–Crippen MR) is 76.2 cm³/mol. The van der Waals surface area contributed by atoms with Gasteiger partial charge in [-0.1, -0.05) is 0 Å².